The van der Waals surface area contributed by atoms with Gasteiger partial charge in [0.2, 0.25) is 0 Å². The Labute approximate surface area is 97.5 Å². The minimum atomic E-state index is 0.597. The maximum atomic E-state index is 4.16. The predicted octanol–water partition coefficient (Wildman–Crippen LogP) is 1.79. The molecule has 1 aliphatic rings. The van der Waals surface area contributed by atoms with E-state index in [9.17, 15) is 0 Å². The van der Waals surface area contributed by atoms with E-state index in [0.717, 1.165) is 24.1 Å². The SMILES string of the molecule is Cc1nnc(CN[C@@H](C)C2CCCC2)n1C. The molecule has 1 fully saturated rings. The fraction of sp³-hybridized carbons (Fsp3) is 0.833. The third kappa shape index (κ3) is 2.43. The second-order valence-corrected chi connectivity index (χ2v) is 4.94. The topological polar surface area (TPSA) is 42.7 Å². The monoisotopic (exact) mass is 222 g/mol. The summed E-state index contributed by atoms with van der Waals surface area (Å²) < 4.78 is 2.05. The van der Waals surface area contributed by atoms with Crippen LogP contribution in [0.15, 0.2) is 0 Å². The molecule has 1 aliphatic carbocycles. The average Bonchev–Trinajstić information content (AvgIpc) is 2.89. The van der Waals surface area contributed by atoms with Crippen LogP contribution in [0.4, 0.5) is 0 Å². The van der Waals surface area contributed by atoms with Crippen LogP contribution in [-0.4, -0.2) is 20.8 Å². The van der Waals surface area contributed by atoms with E-state index < -0.39 is 0 Å². The van der Waals surface area contributed by atoms with E-state index in [2.05, 4.69) is 22.4 Å². The van der Waals surface area contributed by atoms with Crippen LogP contribution in [0, 0.1) is 12.8 Å². The minimum absolute atomic E-state index is 0.597. The molecule has 0 spiro atoms. The highest BCUT2D eigenvalue weighted by Crippen LogP contribution is 2.27. The summed E-state index contributed by atoms with van der Waals surface area (Å²) in [6.07, 6.45) is 5.57. The maximum Gasteiger partial charge on any atom is 0.146 e. The normalized spacial score (nSPS) is 19.2. The Kier molecular flexibility index (Phi) is 3.59. The quantitative estimate of drug-likeness (QED) is 0.844. The number of aromatic nitrogens is 3. The summed E-state index contributed by atoms with van der Waals surface area (Å²) in [6, 6.07) is 0.597. The van der Waals surface area contributed by atoms with Crippen LogP contribution >= 0.6 is 0 Å². The summed E-state index contributed by atoms with van der Waals surface area (Å²) in [4.78, 5) is 0. The number of aryl methyl sites for hydroxylation is 1. The number of nitrogens with one attached hydrogen (secondary N) is 1. The molecule has 1 N–H and O–H groups in total. The Morgan fingerprint density at radius 2 is 2.06 bits per heavy atom. The van der Waals surface area contributed by atoms with E-state index >= 15 is 0 Å². The summed E-state index contributed by atoms with van der Waals surface area (Å²) in [5.74, 6) is 2.86. The van der Waals surface area contributed by atoms with Crippen LogP contribution in [0.25, 0.3) is 0 Å². The van der Waals surface area contributed by atoms with Gasteiger partial charge in [-0.05, 0) is 32.6 Å². The lowest BCUT2D eigenvalue weighted by atomic mass is 10.00. The maximum absolute atomic E-state index is 4.16. The smallest absolute Gasteiger partial charge is 0.146 e. The molecule has 16 heavy (non-hydrogen) atoms. The highest BCUT2D eigenvalue weighted by atomic mass is 15.3. The molecule has 90 valence electrons. The minimum Gasteiger partial charge on any atom is -0.317 e. The molecule has 1 saturated carbocycles. The van der Waals surface area contributed by atoms with Gasteiger partial charge in [0.25, 0.3) is 0 Å². The van der Waals surface area contributed by atoms with Crippen LogP contribution < -0.4 is 5.32 Å². The van der Waals surface area contributed by atoms with E-state index in [4.69, 9.17) is 0 Å². The molecule has 1 aromatic rings. The van der Waals surface area contributed by atoms with Gasteiger partial charge >= 0.3 is 0 Å². The third-order valence-corrected chi connectivity index (χ3v) is 3.87. The summed E-state index contributed by atoms with van der Waals surface area (Å²) >= 11 is 0. The van der Waals surface area contributed by atoms with Crippen molar-refractivity contribution >= 4 is 0 Å². The summed E-state index contributed by atoms with van der Waals surface area (Å²) in [5, 5.41) is 11.8. The van der Waals surface area contributed by atoms with Crippen molar-refractivity contribution in [2.45, 2.75) is 52.1 Å². The molecular weight excluding hydrogens is 200 g/mol. The standard InChI is InChI=1S/C12H22N4/c1-9(11-6-4-5-7-11)13-8-12-15-14-10(2)16(12)3/h9,11,13H,4-8H2,1-3H3/t9-/m0/s1. The van der Waals surface area contributed by atoms with Gasteiger partial charge in [0.05, 0.1) is 6.54 Å². The lowest BCUT2D eigenvalue weighted by Gasteiger charge is -2.19. The zero-order valence-corrected chi connectivity index (χ0v) is 10.5. The highest BCUT2D eigenvalue weighted by molar-refractivity contribution is 4.92. The fourth-order valence-electron chi connectivity index (χ4n) is 2.48. The molecule has 0 aliphatic heterocycles. The van der Waals surface area contributed by atoms with Gasteiger partial charge < -0.3 is 9.88 Å². The van der Waals surface area contributed by atoms with Crippen LogP contribution in [0.5, 0.6) is 0 Å². The van der Waals surface area contributed by atoms with Crippen LogP contribution in [0.2, 0.25) is 0 Å². The zero-order valence-electron chi connectivity index (χ0n) is 10.5. The number of hydrogen-bond acceptors (Lipinski definition) is 3. The zero-order chi connectivity index (χ0) is 11.5. The van der Waals surface area contributed by atoms with Crippen molar-refractivity contribution in [2.24, 2.45) is 13.0 Å². The Bertz CT molecular complexity index is 339. The van der Waals surface area contributed by atoms with Crippen molar-refractivity contribution in [1.29, 1.82) is 0 Å². The molecule has 4 nitrogen and oxygen atoms in total. The predicted molar refractivity (Wildman–Crippen MR) is 64.0 cm³/mol. The van der Waals surface area contributed by atoms with Crippen LogP contribution in [-0.2, 0) is 13.6 Å². The number of nitrogens with zero attached hydrogens (tertiary/aromatic N) is 3. The molecule has 0 radical (unpaired) electrons. The summed E-state index contributed by atoms with van der Waals surface area (Å²) in [5.41, 5.74) is 0. The van der Waals surface area contributed by atoms with E-state index in [1.54, 1.807) is 0 Å². The third-order valence-electron chi connectivity index (χ3n) is 3.87. The average molecular weight is 222 g/mol. The Morgan fingerprint density at radius 1 is 1.38 bits per heavy atom. The van der Waals surface area contributed by atoms with Crippen molar-refractivity contribution in [3.63, 3.8) is 0 Å². The van der Waals surface area contributed by atoms with E-state index in [1.165, 1.54) is 25.7 Å². The molecular formula is C12H22N4. The Hall–Kier alpha value is -0.900. The van der Waals surface area contributed by atoms with Crippen LogP contribution in [0.1, 0.15) is 44.3 Å². The van der Waals surface area contributed by atoms with Gasteiger partial charge in [-0.2, -0.15) is 0 Å². The van der Waals surface area contributed by atoms with Gasteiger partial charge in [-0.15, -0.1) is 10.2 Å². The second-order valence-electron chi connectivity index (χ2n) is 4.94. The highest BCUT2D eigenvalue weighted by Gasteiger charge is 2.21. The van der Waals surface area contributed by atoms with E-state index in [-0.39, 0.29) is 0 Å². The molecule has 2 rings (SSSR count). The van der Waals surface area contributed by atoms with Crippen molar-refractivity contribution in [1.82, 2.24) is 20.1 Å². The first kappa shape index (κ1) is 11.6. The second kappa shape index (κ2) is 4.95. The van der Waals surface area contributed by atoms with Crippen molar-refractivity contribution in [3.8, 4) is 0 Å². The number of rotatable bonds is 4. The van der Waals surface area contributed by atoms with Crippen molar-refractivity contribution in [2.75, 3.05) is 0 Å². The summed E-state index contributed by atoms with van der Waals surface area (Å²) in [7, 11) is 2.02. The fourth-order valence-corrected chi connectivity index (χ4v) is 2.48. The van der Waals surface area contributed by atoms with Gasteiger partial charge in [0.1, 0.15) is 11.6 Å². The largest absolute Gasteiger partial charge is 0.317 e. The van der Waals surface area contributed by atoms with Crippen molar-refractivity contribution < 1.29 is 0 Å². The first-order valence-electron chi connectivity index (χ1n) is 6.26. The molecule has 1 atom stereocenters. The molecule has 1 aromatic heterocycles. The molecule has 4 heteroatoms. The van der Waals surface area contributed by atoms with Gasteiger partial charge in [-0.3, -0.25) is 0 Å². The first-order valence-corrected chi connectivity index (χ1v) is 6.26. The molecule has 0 unspecified atom stereocenters. The van der Waals surface area contributed by atoms with Crippen molar-refractivity contribution in [3.05, 3.63) is 11.6 Å². The molecule has 0 bridgehead atoms. The van der Waals surface area contributed by atoms with E-state index in [1.807, 2.05) is 18.5 Å². The molecule has 1 heterocycles. The Morgan fingerprint density at radius 3 is 2.62 bits per heavy atom. The van der Waals surface area contributed by atoms with Gasteiger partial charge in [0.15, 0.2) is 0 Å². The van der Waals surface area contributed by atoms with Crippen LogP contribution in [0.3, 0.4) is 0 Å². The van der Waals surface area contributed by atoms with Gasteiger partial charge in [-0.1, -0.05) is 12.8 Å². The Balaban J connectivity index is 1.84. The molecule has 0 amide bonds. The lowest BCUT2D eigenvalue weighted by molar-refractivity contribution is 0.375. The molecule has 0 saturated heterocycles. The van der Waals surface area contributed by atoms with Gasteiger partial charge in [-0.25, -0.2) is 0 Å². The number of hydrogen-bond donors (Lipinski definition) is 1. The lowest BCUT2D eigenvalue weighted by Crippen LogP contribution is -2.32. The van der Waals surface area contributed by atoms with E-state index in [0.29, 0.717) is 6.04 Å². The molecule has 0 aromatic carbocycles. The summed E-state index contributed by atoms with van der Waals surface area (Å²) in [6.45, 7) is 5.10. The van der Waals surface area contributed by atoms with Gasteiger partial charge in [0, 0.05) is 13.1 Å². The first-order chi connectivity index (χ1) is 7.68.